The number of unbranched alkanes of at least 4 members (excludes halogenated alkanes) is 24. The van der Waals surface area contributed by atoms with Gasteiger partial charge in [-0.1, -0.05) is 271 Å². The molecule has 0 spiro atoms. The fourth-order valence-corrected chi connectivity index (χ4v) is 9.25. The van der Waals surface area contributed by atoms with Crippen LogP contribution in [0, 0.1) is 0 Å². The van der Waals surface area contributed by atoms with E-state index in [9.17, 15) is 19.4 Å². The minimum atomic E-state index is -4.32. The largest absolute Gasteiger partial charge is 0.472 e. The number of aliphatic hydroxyl groups excluding tert-OH is 1. The number of hydrogen-bond donors (Lipinski definition) is 3. The van der Waals surface area contributed by atoms with Crippen LogP contribution in [0.5, 0.6) is 0 Å². The SMILES string of the molecule is CC/C=C\C/C=C\C/C=C\C/C=C\C/C=C\C/C=C\C/C=C\C/C=C\C/C=C\CCCCCCCCCCCCCCCC(=O)NC(COP(=O)(O)OCC[N+](C)(C)C)C(O)CCCCCCCCCCCCCC. The Labute approximate surface area is 463 Å². The summed E-state index contributed by atoms with van der Waals surface area (Å²) >= 11 is 0. The van der Waals surface area contributed by atoms with E-state index in [1.165, 1.54) is 128 Å². The monoisotopic (exact) mass is 1070 g/mol. The van der Waals surface area contributed by atoms with Crippen LogP contribution in [0.1, 0.15) is 251 Å². The quantitative estimate of drug-likeness (QED) is 0.0243. The summed E-state index contributed by atoms with van der Waals surface area (Å²) in [6, 6.07) is -0.766. The minimum Gasteiger partial charge on any atom is -0.391 e. The summed E-state index contributed by atoms with van der Waals surface area (Å²) in [6.45, 7) is 4.76. The van der Waals surface area contributed by atoms with Crippen LogP contribution in [0.25, 0.3) is 0 Å². The van der Waals surface area contributed by atoms with E-state index in [0.29, 0.717) is 23.9 Å². The summed E-state index contributed by atoms with van der Waals surface area (Å²) < 4.78 is 23.7. The van der Waals surface area contributed by atoms with Gasteiger partial charge in [0.25, 0.3) is 0 Å². The van der Waals surface area contributed by atoms with E-state index >= 15 is 0 Å². The maximum absolute atomic E-state index is 13.0. The summed E-state index contributed by atoms with van der Waals surface area (Å²) in [4.78, 5) is 23.3. The Hall–Kier alpha value is -2.84. The highest BCUT2D eigenvalue weighted by molar-refractivity contribution is 7.47. The van der Waals surface area contributed by atoms with E-state index in [4.69, 9.17) is 9.05 Å². The molecule has 0 aliphatic rings. The smallest absolute Gasteiger partial charge is 0.391 e. The second-order valence-corrected chi connectivity index (χ2v) is 23.2. The molecule has 0 aromatic carbocycles. The molecule has 3 N–H and O–H groups in total. The molecule has 75 heavy (non-hydrogen) atoms. The lowest BCUT2D eigenvalue weighted by Gasteiger charge is -2.26. The third-order valence-electron chi connectivity index (χ3n) is 13.3. The van der Waals surface area contributed by atoms with E-state index in [-0.39, 0.29) is 19.1 Å². The molecule has 0 saturated heterocycles. The van der Waals surface area contributed by atoms with Crippen LogP contribution in [0.4, 0.5) is 0 Å². The van der Waals surface area contributed by atoms with Gasteiger partial charge in [-0.25, -0.2) is 4.57 Å². The Balaban J connectivity index is 3.98. The van der Waals surface area contributed by atoms with Crippen LogP contribution in [0.3, 0.4) is 0 Å². The van der Waals surface area contributed by atoms with Crippen molar-refractivity contribution in [2.75, 3.05) is 40.9 Å². The molecule has 3 unspecified atom stereocenters. The van der Waals surface area contributed by atoms with Gasteiger partial charge in [-0.3, -0.25) is 13.8 Å². The van der Waals surface area contributed by atoms with Gasteiger partial charge in [-0.2, -0.15) is 0 Å². The zero-order chi connectivity index (χ0) is 54.9. The number of carbonyl (C=O) groups is 1. The molecule has 0 fully saturated rings. The van der Waals surface area contributed by atoms with Gasteiger partial charge in [0.2, 0.25) is 5.91 Å². The van der Waals surface area contributed by atoms with Crippen molar-refractivity contribution in [3.05, 3.63) is 109 Å². The van der Waals surface area contributed by atoms with Crippen LogP contribution in [0.2, 0.25) is 0 Å². The highest BCUT2D eigenvalue weighted by atomic mass is 31.2. The van der Waals surface area contributed by atoms with E-state index < -0.39 is 20.0 Å². The first-order valence-electron chi connectivity index (χ1n) is 30.8. The lowest BCUT2D eigenvalue weighted by molar-refractivity contribution is -0.870. The first-order chi connectivity index (χ1) is 36.5. The first kappa shape index (κ1) is 72.2. The number of allylic oxidation sites excluding steroid dienone is 18. The van der Waals surface area contributed by atoms with E-state index in [1.807, 2.05) is 21.1 Å². The predicted molar refractivity (Wildman–Crippen MR) is 327 cm³/mol. The van der Waals surface area contributed by atoms with Crippen LogP contribution in [-0.4, -0.2) is 73.4 Å². The second-order valence-electron chi connectivity index (χ2n) is 21.7. The highest BCUT2D eigenvalue weighted by Gasteiger charge is 2.28. The van der Waals surface area contributed by atoms with Crippen molar-refractivity contribution in [2.45, 2.75) is 264 Å². The van der Waals surface area contributed by atoms with Gasteiger partial charge in [0.1, 0.15) is 13.2 Å². The Morgan fingerprint density at radius 3 is 1.17 bits per heavy atom. The van der Waals surface area contributed by atoms with Crippen LogP contribution >= 0.6 is 7.82 Å². The number of amides is 1. The summed E-state index contributed by atoms with van der Waals surface area (Å²) in [7, 11) is 1.61. The molecule has 0 bridgehead atoms. The number of hydrogen-bond acceptors (Lipinski definition) is 5. The predicted octanol–water partition coefficient (Wildman–Crippen LogP) is 19.2. The van der Waals surface area contributed by atoms with Crippen LogP contribution < -0.4 is 5.32 Å². The summed E-state index contributed by atoms with van der Waals surface area (Å²) in [6.07, 6.45) is 81.6. The van der Waals surface area contributed by atoms with Crippen molar-refractivity contribution in [3.63, 3.8) is 0 Å². The highest BCUT2D eigenvalue weighted by Crippen LogP contribution is 2.43. The van der Waals surface area contributed by atoms with Crippen LogP contribution in [0.15, 0.2) is 109 Å². The molecule has 0 heterocycles. The maximum Gasteiger partial charge on any atom is 0.472 e. The zero-order valence-electron chi connectivity index (χ0n) is 49.3. The summed E-state index contributed by atoms with van der Waals surface area (Å²) in [5.41, 5.74) is 0. The van der Waals surface area contributed by atoms with Gasteiger partial charge >= 0.3 is 7.82 Å². The normalized spacial score (nSPS) is 14.6. The Kier molecular flexibility index (Phi) is 53.8. The molecule has 0 aliphatic carbocycles. The average Bonchev–Trinajstić information content (AvgIpc) is 3.37. The van der Waals surface area contributed by atoms with Crippen molar-refractivity contribution in [3.8, 4) is 0 Å². The van der Waals surface area contributed by atoms with Crippen molar-refractivity contribution >= 4 is 13.7 Å². The number of phosphoric acid groups is 1. The third-order valence-corrected chi connectivity index (χ3v) is 14.3. The van der Waals surface area contributed by atoms with E-state index in [0.717, 1.165) is 96.3 Å². The Morgan fingerprint density at radius 2 is 0.800 bits per heavy atom. The van der Waals surface area contributed by atoms with Gasteiger partial charge in [-0.15, -0.1) is 0 Å². The number of likely N-dealkylation sites (N-methyl/N-ethyl adjacent to an activating group) is 1. The molecule has 0 radical (unpaired) electrons. The second kappa shape index (κ2) is 55.9. The molecule has 0 rings (SSSR count). The summed E-state index contributed by atoms with van der Waals surface area (Å²) in [5, 5.41) is 14.0. The standard InChI is InChI=1S/C66H117N2O6P/c1-6-8-10-12-14-16-18-20-21-22-23-24-25-26-27-28-29-30-31-32-33-34-35-36-37-38-39-40-41-42-43-44-45-46-47-48-50-52-54-56-58-60-66(70)67-64(63-74-75(71,72)73-62-61-68(3,4)5)65(69)59-57-55-53-51-49-19-17-15-13-11-9-7-2/h8,10,14,16,20-21,23-24,26-27,29-30,32-33,35-36,38-39,64-65,69H,6-7,9,11-13,15,17-19,22,25,28,31,34,37,40-63H2,1-5H3,(H-,67,70,71,72)/p+1/b10-8-,16-14-,21-20-,24-23-,27-26-,30-29-,33-32-,36-35-,39-38-. The molecule has 0 aromatic heterocycles. The van der Waals surface area contributed by atoms with E-state index in [2.05, 4.69) is 129 Å². The van der Waals surface area contributed by atoms with Crippen molar-refractivity contribution in [1.82, 2.24) is 5.32 Å². The van der Waals surface area contributed by atoms with E-state index in [1.54, 1.807) is 0 Å². The maximum atomic E-state index is 13.0. The average molecular weight is 1070 g/mol. The fourth-order valence-electron chi connectivity index (χ4n) is 8.51. The van der Waals surface area contributed by atoms with Crippen molar-refractivity contribution in [1.29, 1.82) is 0 Å². The molecular formula is C66H118N2O6P+. The molecule has 0 aliphatic heterocycles. The minimum absolute atomic E-state index is 0.0711. The molecule has 1 amide bonds. The molecule has 3 atom stereocenters. The molecule has 432 valence electrons. The van der Waals surface area contributed by atoms with Gasteiger partial charge in [0.05, 0.1) is 39.9 Å². The fraction of sp³-hybridized carbons (Fsp3) is 0.712. The van der Waals surface area contributed by atoms with Gasteiger partial charge in [0.15, 0.2) is 0 Å². The number of carbonyl (C=O) groups excluding carboxylic acids is 1. The third kappa shape index (κ3) is 58.7. The number of phosphoric ester groups is 1. The first-order valence-corrected chi connectivity index (χ1v) is 32.2. The zero-order valence-corrected chi connectivity index (χ0v) is 50.1. The Morgan fingerprint density at radius 1 is 0.467 bits per heavy atom. The Bertz CT molecular complexity index is 1590. The van der Waals surface area contributed by atoms with Gasteiger partial charge in [-0.05, 0) is 83.5 Å². The lowest BCUT2D eigenvalue weighted by Crippen LogP contribution is -2.46. The number of nitrogens with one attached hydrogen (secondary N) is 1. The molecular weight excluding hydrogens is 948 g/mol. The molecule has 9 heteroatoms. The van der Waals surface area contributed by atoms with Crippen molar-refractivity contribution < 1.29 is 32.9 Å². The molecule has 0 aromatic rings. The topological polar surface area (TPSA) is 105 Å². The van der Waals surface area contributed by atoms with Gasteiger partial charge < -0.3 is 19.8 Å². The number of rotatable bonds is 55. The number of nitrogens with zero attached hydrogens (tertiary/aromatic N) is 1. The molecule has 8 nitrogen and oxygen atoms in total. The van der Waals surface area contributed by atoms with Crippen LogP contribution in [-0.2, 0) is 18.4 Å². The number of aliphatic hydroxyl groups is 1. The summed E-state index contributed by atoms with van der Waals surface area (Å²) in [5.74, 6) is -0.149. The van der Waals surface area contributed by atoms with Gasteiger partial charge in [0, 0.05) is 6.42 Å². The van der Waals surface area contributed by atoms with Crippen molar-refractivity contribution in [2.24, 2.45) is 0 Å². The number of quaternary nitrogens is 1. The molecule has 0 saturated carbocycles. The lowest BCUT2D eigenvalue weighted by atomic mass is 10.0.